The summed E-state index contributed by atoms with van der Waals surface area (Å²) in [6.07, 6.45) is 6.18. The standard InChI is InChI=1S/C22H46N4/c1-19(2)13-17(14-20(3,4)24-19)26(12-10-11-23-9)18-15-21(5,6)25-22(7,8)16-18/h17-18,23-25H,10-16H2,1-9H3. The van der Waals surface area contributed by atoms with Gasteiger partial charge in [0.25, 0.3) is 0 Å². The van der Waals surface area contributed by atoms with Crippen LogP contribution in [-0.2, 0) is 0 Å². The Labute approximate surface area is 163 Å². The Morgan fingerprint density at radius 3 is 1.38 bits per heavy atom. The molecule has 2 heterocycles. The van der Waals surface area contributed by atoms with E-state index < -0.39 is 0 Å². The molecule has 2 fully saturated rings. The highest BCUT2D eigenvalue weighted by atomic mass is 15.2. The average molecular weight is 367 g/mol. The summed E-state index contributed by atoms with van der Waals surface area (Å²) in [6.45, 7) is 21.3. The third-order valence-electron chi connectivity index (χ3n) is 6.12. The van der Waals surface area contributed by atoms with Gasteiger partial charge in [-0.1, -0.05) is 0 Å². The van der Waals surface area contributed by atoms with Crippen LogP contribution in [0.15, 0.2) is 0 Å². The number of hydrogen-bond donors (Lipinski definition) is 3. The van der Waals surface area contributed by atoms with Gasteiger partial charge in [0.1, 0.15) is 0 Å². The SMILES string of the molecule is CNCCCN(C1CC(C)(C)NC(C)(C)C1)C1CC(C)(C)NC(C)(C)C1. The minimum Gasteiger partial charge on any atom is -0.320 e. The van der Waals surface area contributed by atoms with Gasteiger partial charge in [-0.3, -0.25) is 4.90 Å². The summed E-state index contributed by atoms with van der Waals surface area (Å²) in [5.74, 6) is 0. The fourth-order valence-electron chi connectivity index (χ4n) is 6.11. The van der Waals surface area contributed by atoms with E-state index in [1.165, 1.54) is 38.6 Å². The normalized spacial score (nSPS) is 28.4. The molecule has 0 radical (unpaired) electrons. The van der Waals surface area contributed by atoms with Crippen LogP contribution < -0.4 is 16.0 Å². The van der Waals surface area contributed by atoms with Crippen LogP contribution in [0.25, 0.3) is 0 Å². The maximum Gasteiger partial charge on any atom is 0.0145 e. The van der Waals surface area contributed by atoms with Crippen molar-refractivity contribution in [2.24, 2.45) is 0 Å². The minimum absolute atomic E-state index is 0.200. The maximum atomic E-state index is 3.87. The number of hydrogen-bond acceptors (Lipinski definition) is 4. The van der Waals surface area contributed by atoms with Crippen LogP contribution in [0.4, 0.5) is 0 Å². The van der Waals surface area contributed by atoms with Crippen LogP contribution in [0.5, 0.6) is 0 Å². The van der Waals surface area contributed by atoms with E-state index in [1.54, 1.807) is 0 Å². The topological polar surface area (TPSA) is 39.3 Å². The van der Waals surface area contributed by atoms with Crippen LogP contribution >= 0.6 is 0 Å². The molecule has 2 rings (SSSR count). The number of nitrogens with zero attached hydrogens (tertiary/aromatic N) is 1. The smallest absolute Gasteiger partial charge is 0.0145 e. The minimum atomic E-state index is 0.200. The molecule has 0 spiro atoms. The van der Waals surface area contributed by atoms with Crippen LogP contribution in [0.3, 0.4) is 0 Å². The fourth-order valence-corrected chi connectivity index (χ4v) is 6.11. The van der Waals surface area contributed by atoms with E-state index in [4.69, 9.17) is 0 Å². The number of rotatable bonds is 6. The van der Waals surface area contributed by atoms with Gasteiger partial charge in [-0.2, -0.15) is 0 Å². The van der Waals surface area contributed by atoms with Gasteiger partial charge in [-0.15, -0.1) is 0 Å². The van der Waals surface area contributed by atoms with E-state index >= 15 is 0 Å². The molecule has 4 nitrogen and oxygen atoms in total. The largest absolute Gasteiger partial charge is 0.320 e. The molecule has 0 aromatic rings. The van der Waals surface area contributed by atoms with Crippen molar-refractivity contribution < 1.29 is 0 Å². The molecule has 0 aromatic carbocycles. The third kappa shape index (κ3) is 6.19. The second-order valence-corrected chi connectivity index (χ2v) is 11.6. The Bertz CT molecular complexity index is 397. The highest BCUT2D eigenvalue weighted by Crippen LogP contribution is 2.37. The van der Waals surface area contributed by atoms with Crippen LogP contribution in [0, 0.1) is 0 Å². The molecular weight excluding hydrogens is 320 g/mol. The molecule has 0 saturated carbocycles. The summed E-state index contributed by atoms with van der Waals surface area (Å²) in [7, 11) is 2.07. The summed E-state index contributed by atoms with van der Waals surface area (Å²) in [5.41, 5.74) is 0.800. The lowest BCUT2D eigenvalue weighted by molar-refractivity contribution is -0.00250. The summed E-state index contributed by atoms with van der Waals surface area (Å²) in [4.78, 5) is 2.89. The molecule has 2 aliphatic heterocycles. The fraction of sp³-hybridized carbons (Fsp3) is 1.00. The van der Waals surface area contributed by atoms with Crippen molar-refractivity contribution in [3.63, 3.8) is 0 Å². The second kappa shape index (κ2) is 7.69. The molecule has 0 bridgehead atoms. The lowest BCUT2D eigenvalue weighted by Gasteiger charge is -2.55. The molecule has 0 aliphatic carbocycles. The van der Waals surface area contributed by atoms with Gasteiger partial charge in [0.15, 0.2) is 0 Å². The molecule has 3 N–H and O–H groups in total. The van der Waals surface area contributed by atoms with Gasteiger partial charge in [-0.25, -0.2) is 0 Å². The molecule has 0 atom stereocenters. The Balaban J connectivity index is 2.24. The predicted molar refractivity (Wildman–Crippen MR) is 114 cm³/mol. The lowest BCUT2D eigenvalue weighted by atomic mass is 9.75. The molecule has 154 valence electrons. The van der Waals surface area contributed by atoms with Crippen molar-refractivity contribution in [1.29, 1.82) is 0 Å². The quantitative estimate of drug-likeness (QED) is 0.629. The van der Waals surface area contributed by atoms with Crippen molar-refractivity contribution >= 4 is 0 Å². The lowest BCUT2D eigenvalue weighted by Crippen LogP contribution is -2.67. The molecule has 0 aromatic heterocycles. The van der Waals surface area contributed by atoms with Crippen molar-refractivity contribution in [2.45, 2.75) is 122 Å². The van der Waals surface area contributed by atoms with E-state index in [0.29, 0.717) is 12.1 Å². The molecule has 2 saturated heterocycles. The number of nitrogens with one attached hydrogen (secondary N) is 3. The summed E-state index contributed by atoms with van der Waals surface area (Å²) in [5, 5.41) is 11.1. The van der Waals surface area contributed by atoms with Gasteiger partial charge < -0.3 is 16.0 Å². The van der Waals surface area contributed by atoms with Crippen molar-refractivity contribution in [3.05, 3.63) is 0 Å². The molecule has 2 aliphatic rings. The van der Waals surface area contributed by atoms with E-state index in [1.807, 2.05) is 0 Å². The van der Waals surface area contributed by atoms with E-state index in [0.717, 1.165) is 6.54 Å². The first-order valence-electron chi connectivity index (χ1n) is 10.7. The summed E-state index contributed by atoms with van der Waals surface area (Å²) >= 11 is 0. The van der Waals surface area contributed by atoms with E-state index in [-0.39, 0.29) is 22.2 Å². The summed E-state index contributed by atoms with van der Waals surface area (Å²) in [6, 6.07) is 1.32. The Hall–Kier alpha value is -0.160. The van der Waals surface area contributed by atoms with Crippen LogP contribution in [0.2, 0.25) is 0 Å². The van der Waals surface area contributed by atoms with Gasteiger partial charge in [-0.05, 0) is 108 Å². The monoisotopic (exact) mass is 366 g/mol. The van der Waals surface area contributed by atoms with Gasteiger partial charge in [0.05, 0.1) is 0 Å². The second-order valence-electron chi connectivity index (χ2n) is 11.6. The zero-order chi connectivity index (χ0) is 19.8. The Morgan fingerprint density at radius 1 is 0.731 bits per heavy atom. The molecule has 4 heteroatoms. The number of piperidine rings is 2. The predicted octanol–water partition coefficient (Wildman–Crippen LogP) is 3.52. The third-order valence-corrected chi connectivity index (χ3v) is 6.12. The molecular formula is C22H46N4. The Morgan fingerprint density at radius 2 is 1.08 bits per heavy atom. The Kier molecular flexibility index (Phi) is 6.55. The maximum absolute atomic E-state index is 3.87. The van der Waals surface area contributed by atoms with Crippen molar-refractivity contribution in [2.75, 3.05) is 20.1 Å². The van der Waals surface area contributed by atoms with Gasteiger partial charge in [0, 0.05) is 34.2 Å². The molecule has 26 heavy (non-hydrogen) atoms. The zero-order valence-corrected chi connectivity index (χ0v) is 19.1. The first kappa shape index (κ1) is 22.1. The van der Waals surface area contributed by atoms with Gasteiger partial charge >= 0.3 is 0 Å². The zero-order valence-electron chi connectivity index (χ0n) is 19.1. The molecule has 0 unspecified atom stereocenters. The van der Waals surface area contributed by atoms with Crippen LogP contribution in [0.1, 0.15) is 87.5 Å². The highest BCUT2D eigenvalue weighted by Gasteiger charge is 2.45. The van der Waals surface area contributed by atoms with Gasteiger partial charge in [0.2, 0.25) is 0 Å². The van der Waals surface area contributed by atoms with E-state index in [9.17, 15) is 0 Å². The first-order chi connectivity index (χ1) is 11.7. The van der Waals surface area contributed by atoms with Crippen molar-refractivity contribution in [1.82, 2.24) is 20.9 Å². The summed E-state index contributed by atoms with van der Waals surface area (Å²) < 4.78 is 0. The highest BCUT2D eigenvalue weighted by molar-refractivity contribution is 5.05. The van der Waals surface area contributed by atoms with E-state index in [2.05, 4.69) is 83.3 Å². The van der Waals surface area contributed by atoms with Crippen molar-refractivity contribution in [3.8, 4) is 0 Å². The van der Waals surface area contributed by atoms with Crippen LogP contribution in [-0.4, -0.2) is 59.3 Å². The molecule has 0 amide bonds. The first-order valence-corrected chi connectivity index (χ1v) is 10.7. The average Bonchev–Trinajstić information content (AvgIpc) is 2.36.